The number of halogens is 3. The van der Waals surface area contributed by atoms with Crippen LogP contribution in [0.25, 0.3) is 16.9 Å². The fourth-order valence-electron chi connectivity index (χ4n) is 3.32. The fraction of sp³-hybridized carbons (Fsp3) is 0.368. The number of carbonyl (C=O) groups excluding carboxylic acids is 1. The van der Waals surface area contributed by atoms with Gasteiger partial charge in [-0.15, -0.1) is 0 Å². The minimum atomic E-state index is -4.52. The molecule has 3 heterocycles. The minimum absolute atomic E-state index is 0.0495. The van der Waals surface area contributed by atoms with Gasteiger partial charge >= 0.3 is 6.18 Å². The van der Waals surface area contributed by atoms with Gasteiger partial charge < -0.3 is 9.73 Å². The zero-order valence-electron chi connectivity index (χ0n) is 15.5. The summed E-state index contributed by atoms with van der Waals surface area (Å²) in [6.07, 6.45) is -2.45. The van der Waals surface area contributed by atoms with Gasteiger partial charge in [-0.05, 0) is 38.7 Å². The van der Waals surface area contributed by atoms with E-state index in [0.29, 0.717) is 35.6 Å². The van der Waals surface area contributed by atoms with Crippen molar-refractivity contribution in [2.24, 2.45) is 5.92 Å². The van der Waals surface area contributed by atoms with Crippen molar-refractivity contribution in [2.45, 2.75) is 38.9 Å². The van der Waals surface area contributed by atoms with Crippen LogP contribution in [0.2, 0.25) is 0 Å². The number of fused-ring (bicyclic) bond motifs is 1. The second-order valence-electron chi connectivity index (χ2n) is 7.10. The first-order valence-electron chi connectivity index (χ1n) is 8.93. The van der Waals surface area contributed by atoms with Gasteiger partial charge in [0.15, 0.2) is 5.65 Å². The summed E-state index contributed by atoms with van der Waals surface area (Å²) in [5.41, 5.74) is 1.70. The van der Waals surface area contributed by atoms with E-state index in [-0.39, 0.29) is 17.0 Å². The van der Waals surface area contributed by atoms with Gasteiger partial charge in [-0.3, -0.25) is 4.79 Å². The van der Waals surface area contributed by atoms with Crippen molar-refractivity contribution in [2.75, 3.05) is 0 Å². The van der Waals surface area contributed by atoms with E-state index in [9.17, 15) is 18.0 Å². The molecule has 1 amide bonds. The second kappa shape index (κ2) is 6.62. The van der Waals surface area contributed by atoms with E-state index >= 15 is 0 Å². The van der Waals surface area contributed by atoms with Gasteiger partial charge in [-0.25, -0.2) is 9.50 Å². The number of furan rings is 1. The number of rotatable bonds is 4. The van der Waals surface area contributed by atoms with Gasteiger partial charge in [-0.2, -0.15) is 23.5 Å². The molecule has 3 aromatic heterocycles. The first-order valence-corrected chi connectivity index (χ1v) is 8.93. The van der Waals surface area contributed by atoms with Crippen LogP contribution in [0.4, 0.5) is 13.2 Å². The Morgan fingerprint density at radius 2 is 2.10 bits per heavy atom. The molecule has 3 aromatic rings. The summed E-state index contributed by atoms with van der Waals surface area (Å²) < 4.78 is 46.5. The van der Waals surface area contributed by atoms with Gasteiger partial charge in [-0.1, -0.05) is 0 Å². The van der Waals surface area contributed by atoms with Crippen LogP contribution in [0.1, 0.15) is 40.4 Å². The molecule has 1 aliphatic rings. The summed E-state index contributed by atoms with van der Waals surface area (Å²) in [6.45, 7) is 3.40. The number of aromatic nitrogens is 3. The van der Waals surface area contributed by atoms with Crippen LogP contribution in [0.5, 0.6) is 0 Å². The van der Waals surface area contributed by atoms with Crippen molar-refractivity contribution < 1.29 is 22.4 Å². The number of amides is 1. The zero-order valence-corrected chi connectivity index (χ0v) is 15.5. The third kappa shape index (κ3) is 3.44. The van der Waals surface area contributed by atoms with Crippen molar-refractivity contribution in [1.29, 1.82) is 5.26 Å². The minimum Gasteiger partial charge on any atom is -0.450 e. The molecule has 1 atom stereocenters. The Bertz CT molecular complexity index is 1150. The van der Waals surface area contributed by atoms with Gasteiger partial charge in [0, 0.05) is 17.3 Å². The van der Waals surface area contributed by atoms with Crippen LogP contribution >= 0.6 is 0 Å². The topological polar surface area (TPSA) is 96.2 Å². The molecule has 4 rings (SSSR count). The summed E-state index contributed by atoms with van der Waals surface area (Å²) in [5, 5.41) is 15.2. The van der Waals surface area contributed by atoms with Crippen LogP contribution < -0.4 is 5.32 Å². The number of alkyl halides is 3. The van der Waals surface area contributed by atoms with E-state index in [4.69, 9.17) is 9.68 Å². The predicted molar refractivity (Wildman–Crippen MR) is 94.9 cm³/mol. The van der Waals surface area contributed by atoms with Crippen molar-refractivity contribution >= 4 is 11.6 Å². The van der Waals surface area contributed by atoms with Crippen molar-refractivity contribution in [3.63, 3.8) is 0 Å². The third-order valence-electron chi connectivity index (χ3n) is 4.93. The molecule has 0 aliphatic heterocycles. The fourth-order valence-corrected chi connectivity index (χ4v) is 3.32. The summed E-state index contributed by atoms with van der Waals surface area (Å²) in [4.78, 5) is 17.0. The smallest absolute Gasteiger partial charge is 0.408 e. The zero-order chi connectivity index (χ0) is 20.9. The number of hydrogen-bond donors (Lipinski definition) is 1. The summed E-state index contributed by atoms with van der Waals surface area (Å²) in [7, 11) is 0. The molecule has 0 spiro atoms. The maximum Gasteiger partial charge on any atom is 0.408 e. The Balaban J connectivity index is 1.74. The van der Waals surface area contributed by atoms with Crippen LogP contribution in [-0.4, -0.2) is 32.7 Å². The van der Waals surface area contributed by atoms with Gasteiger partial charge in [0.1, 0.15) is 23.4 Å². The monoisotopic (exact) mass is 403 g/mol. The molecule has 0 bridgehead atoms. The molecule has 0 unspecified atom stereocenters. The van der Waals surface area contributed by atoms with Crippen molar-refractivity contribution in [3.8, 4) is 17.3 Å². The quantitative estimate of drug-likeness (QED) is 0.719. The number of aryl methyl sites for hydroxylation is 2. The average molecular weight is 403 g/mol. The van der Waals surface area contributed by atoms with Crippen molar-refractivity contribution in [3.05, 3.63) is 41.1 Å². The molecular formula is C19H16F3N5O2. The number of nitrogens with zero attached hydrogens (tertiary/aromatic N) is 4. The summed E-state index contributed by atoms with van der Waals surface area (Å²) >= 11 is 0. The first-order chi connectivity index (χ1) is 13.7. The normalized spacial score (nSPS) is 15.3. The van der Waals surface area contributed by atoms with Crippen LogP contribution in [0.3, 0.4) is 0 Å². The molecule has 29 heavy (non-hydrogen) atoms. The Kier molecular flexibility index (Phi) is 4.33. The Morgan fingerprint density at radius 1 is 1.38 bits per heavy atom. The lowest BCUT2D eigenvalue weighted by Gasteiger charge is -2.20. The molecule has 10 heteroatoms. The highest BCUT2D eigenvalue weighted by molar-refractivity contribution is 6.00. The number of carbonyl (C=O) groups is 1. The van der Waals surface area contributed by atoms with Crippen LogP contribution in [0, 0.1) is 31.1 Å². The maximum atomic E-state index is 13.3. The lowest BCUT2D eigenvalue weighted by Crippen LogP contribution is -2.46. The van der Waals surface area contributed by atoms with Crippen molar-refractivity contribution in [1.82, 2.24) is 19.9 Å². The number of nitrogens with one attached hydrogen (secondary N) is 1. The Hall–Kier alpha value is -3.35. The predicted octanol–water partition coefficient (Wildman–Crippen LogP) is 3.55. The maximum absolute atomic E-state index is 13.3. The highest BCUT2D eigenvalue weighted by Gasteiger charge is 2.49. The summed E-state index contributed by atoms with van der Waals surface area (Å²) in [5.74, 6) is -0.890. The van der Waals surface area contributed by atoms with E-state index in [1.54, 1.807) is 19.9 Å². The molecule has 1 saturated carbocycles. The SMILES string of the molecule is Cc1oc(C#N)cc1-c1cc(C)n2ncc(C(=O)N[C@H](C3CC3)C(F)(F)F)c2n1. The molecule has 1 aliphatic carbocycles. The number of hydrogen-bond acceptors (Lipinski definition) is 5. The third-order valence-corrected chi connectivity index (χ3v) is 4.93. The molecular weight excluding hydrogens is 387 g/mol. The lowest BCUT2D eigenvalue weighted by atomic mass is 10.1. The van der Waals surface area contributed by atoms with Crippen LogP contribution in [0.15, 0.2) is 22.7 Å². The highest BCUT2D eigenvalue weighted by Crippen LogP contribution is 2.40. The van der Waals surface area contributed by atoms with E-state index in [2.05, 4.69) is 15.4 Å². The van der Waals surface area contributed by atoms with Gasteiger partial charge in [0.2, 0.25) is 5.76 Å². The number of nitriles is 1. The lowest BCUT2D eigenvalue weighted by molar-refractivity contribution is -0.158. The standard InChI is InChI=1S/C19H16F3N5O2/c1-9-5-15(13-6-12(7-23)29-10(13)2)25-17-14(8-24-27(9)17)18(28)26-16(11-3-4-11)19(20,21)22/h5-6,8,11,16H,3-4H2,1-2H3,(H,26,28)/t16-/m1/s1. The van der Waals surface area contributed by atoms with E-state index in [1.807, 2.05) is 6.07 Å². The highest BCUT2D eigenvalue weighted by atomic mass is 19.4. The summed E-state index contributed by atoms with van der Waals surface area (Å²) in [6, 6.07) is 3.24. The molecule has 1 N–H and O–H groups in total. The van der Waals surface area contributed by atoms with E-state index < -0.39 is 24.0 Å². The Labute approximate surface area is 163 Å². The first kappa shape index (κ1) is 19.0. The van der Waals surface area contributed by atoms with Crippen LogP contribution in [-0.2, 0) is 0 Å². The molecule has 150 valence electrons. The van der Waals surface area contributed by atoms with E-state index in [0.717, 1.165) is 0 Å². The molecule has 0 aromatic carbocycles. The molecule has 7 nitrogen and oxygen atoms in total. The molecule has 0 saturated heterocycles. The van der Waals surface area contributed by atoms with Gasteiger partial charge in [0.25, 0.3) is 5.91 Å². The average Bonchev–Trinajstić information content (AvgIpc) is 3.27. The second-order valence-corrected chi connectivity index (χ2v) is 7.10. The largest absolute Gasteiger partial charge is 0.450 e. The van der Waals surface area contributed by atoms with E-state index in [1.165, 1.54) is 16.8 Å². The molecule has 1 fully saturated rings. The Morgan fingerprint density at radius 3 is 2.69 bits per heavy atom. The van der Waals surface area contributed by atoms with Gasteiger partial charge in [0.05, 0.1) is 11.9 Å². The molecule has 0 radical (unpaired) electrons.